The maximum Gasteiger partial charge on any atom is 0.232 e. The molecule has 200 valence electrons. The summed E-state index contributed by atoms with van der Waals surface area (Å²) < 4.78 is 47.1. The van der Waals surface area contributed by atoms with Gasteiger partial charge in [-0.2, -0.15) is 0 Å². The van der Waals surface area contributed by atoms with Crippen molar-refractivity contribution in [3.05, 3.63) is 53.6 Å². The lowest BCUT2D eigenvalue weighted by Gasteiger charge is -2.26. The molecule has 1 aliphatic rings. The van der Waals surface area contributed by atoms with Gasteiger partial charge in [0.05, 0.1) is 27.7 Å². The van der Waals surface area contributed by atoms with Crippen molar-refractivity contribution < 1.29 is 17.5 Å². The normalized spacial score (nSPS) is 17.5. The molecule has 2 aromatic heterocycles. The number of hydrogen-bond donors (Lipinski definition) is 3. The second-order valence-electron chi connectivity index (χ2n) is 8.67. The number of nitrogens with zero attached hydrogens (tertiary/aromatic N) is 3. The van der Waals surface area contributed by atoms with Crippen molar-refractivity contribution in [2.75, 3.05) is 15.8 Å². The number of halogens is 3. The molecule has 0 radical (unpaired) electrons. The zero-order valence-electron chi connectivity index (χ0n) is 20.2. The van der Waals surface area contributed by atoms with Gasteiger partial charge in [-0.15, -0.1) is 12.4 Å². The van der Waals surface area contributed by atoms with Gasteiger partial charge in [-0.25, -0.2) is 27.8 Å². The lowest BCUT2D eigenvalue weighted by molar-refractivity contribution is 0.410. The quantitative estimate of drug-likeness (QED) is 0.312. The lowest BCUT2D eigenvalue weighted by Crippen LogP contribution is -2.33. The second-order valence-corrected chi connectivity index (χ2v) is 10.9. The maximum atomic E-state index is 14.9. The summed E-state index contributed by atoms with van der Waals surface area (Å²) in [5, 5.41) is 3.25. The average molecular weight is 572 g/mol. The molecule has 0 amide bonds. The van der Waals surface area contributed by atoms with Crippen molar-refractivity contribution in [2.45, 2.75) is 51.1 Å². The number of ether oxygens (including phenoxy) is 1. The van der Waals surface area contributed by atoms with Crippen LogP contribution in [0.3, 0.4) is 0 Å². The Hall–Kier alpha value is -2.73. The first kappa shape index (κ1) is 28.8. The van der Waals surface area contributed by atoms with Gasteiger partial charge in [0.2, 0.25) is 21.9 Å². The van der Waals surface area contributed by atoms with E-state index in [2.05, 4.69) is 25.0 Å². The molecule has 13 heteroatoms. The van der Waals surface area contributed by atoms with E-state index in [0.717, 1.165) is 31.7 Å². The van der Waals surface area contributed by atoms with Crippen LogP contribution in [0.1, 0.15) is 39.0 Å². The molecule has 0 aliphatic heterocycles. The maximum absolute atomic E-state index is 14.9. The molecular weight excluding hydrogens is 542 g/mol. The molecule has 0 unspecified atom stereocenters. The van der Waals surface area contributed by atoms with Crippen molar-refractivity contribution in [1.82, 2.24) is 15.0 Å². The van der Waals surface area contributed by atoms with Crippen LogP contribution in [0.5, 0.6) is 11.6 Å². The Morgan fingerprint density at radius 2 is 1.92 bits per heavy atom. The van der Waals surface area contributed by atoms with E-state index < -0.39 is 15.8 Å². The van der Waals surface area contributed by atoms with Gasteiger partial charge in [0.15, 0.2) is 11.6 Å². The topological polar surface area (TPSA) is 132 Å². The third-order valence-corrected chi connectivity index (χ3v) is 7.52. The van der Waals surface area contributed by atoms with Crippen LogP contribution in [0.15, 0.2) is 42.7 Å². The lowest BCUT2D eigenvalue weighted by atomic mass is 9.92. The molecule has 1 aliphatic carbocycles. The zero-order chi connectivity index (χ0) is 25.7. The van der Waals surface area contributed by atoms with E-state index >= 15 is 0 Å². The number of hydrogen-bond acceptors (Lipinski definition) is 8. The summed E-state index contributed by atoms with van der Waals surface area (Å²) in [6.45, 7) is 1.73. The van der Waals surface area contributed by atoms with Gasteiger partial charge in [-0.1, -0.05) is 18.5 Å². The fraction of sp³-hybridized carbons (Fsp3) is 0.375. The highest BCUT2D eigenvalue weighted by molar-refractivity contribution is 7.92. The molecule has 2 heterocycles. The monoisotopic (exact) mass is 570 g/mol. The Morgan fingerprint density at radius 1 is 1.16 bits per heavy atom. The molecule has 0 saturated heterocycles. The van der Waals surface area contributed by atoms with Crippen molar-refractivity contribution in [2.24, 2.45) is 5.73 Å². The Labute approximate surface area is 226 Å². The van der Waals surface area contributed by atoms with Crippen LogP contribution in [0.4, 0.5) is 16.0 Å². The largest absolute Gasteiger partial charge is 0.434 e. The minimum Gasteiger partial charge on any atom is -0.434 e. The van der Waals surface area contributed by atoms with E-state index in [0.29, 0.717) is 23.6 Å². The van der Waals surface area contributed by atoms with Gasteiger partial charge < -0.3 is 15.8 Å². The van der Waals surface area contributed by atoms with Gasteiger partial charge in [-0.05, 0) is 56.4 Å². The van der Waals surface area contributed by atoms with E-state index in [-0.39, 0.29) is 52.6 Å². The van der Waals surface area contributed by atoms with Crippen LogP contribution < -0.4 is 20.5 Å². The summed E-state index contributed by atoms with van der Waals surface area (Å²) in [6, 6.07) is 7.94. The number of aromatic nitrogens is 3. The number of benzene rings is 1. The first-order valence-electron chi connectivity index (χ1n) is 11.7. The Balaban J connectivity index is 0.00000380. The minimum atomic E-state index is -3.61. The van der Waals surface area contributed by atoms with Gasteiger partial charge in [-0.3, -0.25) is 4.72 Å². The smallest absolute Gasteiger partial charge is 0.232 e. The number of pyridine rings is 1. The predicted octanol–water partition coefficient (Wildman–Crippen LogP) is 5.38. The molecule has 4 rings (SSSR count). The third-order valence-electron chi connectivity index (χ3n) is 5.75. The summed E-state index contributed by atoms with van der Waals surface area (Å²) in [5.74, 6) is -0.650. The highest BCUT2D eigenvalue weighted by Crippen LogP contribution is 2.37. The van der Waals surface area contributed by atoms with Gasteiger partial charge in [0.1, 0.15) is 0 Å². The number of nitrogens with two attached hydrogens (primary N) is 1. The van der Waals surface area contributed by atoms with Crippen LogP contribution in [0.2, 0.25) is 5.02 Å². The average Bonchev–Trinajstić information content (AvgIpc) is 2.83. The number of rotatable bonds is 9. The summed E-state index contributed by atoms with van der Waals surface area (Å²) >= 11 is 6.26. The molecule has 37 heavy (non-hydrogen) atoms. The van der Waals surface area contributed by atoms with Crippen molar-refractivity contribution in [3.63, 3.8) is 0 Å². The minimum absolute atomic E-state index is 0. The van der Waals surface area contributed by atoms with Crippen LogP contribution >= 0.6 is 24.0 Å². The van der Waals surface area contributed by atoms with E-state index in [1.54, 1.807) is 31.3 Å². The first-order valence-corrected chi connectivity index (χ1v) is 13.7. The molecule has 1 fully saturated rings. The molecule has 1 aromatic carbocycles. The molecule has 0 spiro atoms. The van der Waals surface area contributed by atoms with Gasteiger partial charge >= 0.3 is 0 Å². The van der Waals surface area contributed by atoms with Crippen molar-refractivity contribution in [3.8, 4) is 22.9 Å². The Bertz CT molecular complexity index is 1300. The summed E-state index contributed by atoms with van der Waals surface area (Å²) in [5.41, 5.74) is 7.04. The Morgan fingerprint density at radius 3 is 2.62 bits per heavy atom. The van der Waals surface area contributed by atoms with Crippen LogP contribution in [-0.2, 0) is 10.0 Å². The van der Waals surface area contributed by atoms with E-state index in [1.165, 1.54) is 12.3 Å². The molecular formula is C24H29Cl2FN6O3S. The van der Waals surface area contributed by atoms with E-state index in [4.69, 9.17) is 22.1 Å². The fourth-order valence-electron chi connectivity index (χ4n) is 4.00. The second kappa shape index (κ2) is 12.7. The standard InChI is InChI=1S/C24H28ClFN6O3S.ClH/c1-2-12-36(33,34)32-17-13-19(25)22(20(26)14-17)35-23-18(4-3-10-28-23)21-9-11-29-24(31-21)30-16-7-5-15(27)6-8-16;/h3-4,9-11,13-16,32H,2,5-8,12,27H2,1H3,(H,29,30,31);1H/t15-,16-;. The molecule has 3 aromatic rings. The summed E-state index contributed by atoms with van der Waals surface area (Å²) in [6.07, 6.45) is 7.33. The van der Waals surface area contributed by atoms with Gasteiger partial charge in [0.25, 0.3) is 0 Å². The fourth-order valence-corrected chi connectivity index (χ4v) is 5.37. The number of sulfonamides is 1. The molecule has 0 bridgehead atoms. The van der Waals surface area contributed by atoms with Crippen LogP contribution in [-0.4, -0.2) is 41.2 Å². The SMILES string of the molecule is CCCS(=O)(=O)Nc1cc(F)c(Oc2ncccc2-c2ccnc(N[C@H]3CC[C@H](N)CC3)n2)c(Cl)c1.Cl. The van der Waals surface area contributed by atoms with Crippen molar-refractivity contribution in [1.29, 1.82) is 0 Å². The summed E-state index contributed by atoms with van der Waals surface area (Å²) in [7, 11) is -3.61. The highest BCUT2D eigenvalue weighted by Gasteiger charge is 2.21. The molecule has 9 nitrogen and oxygen atoms in total. The van der Waals surface area contributed by atoms with E-state index in [9.17, 15) is 12.8 Å². The Kier molecular flexibility index (Phi) is 9.88. The number of nitrogens with one attached hydrogen (secondary N) is 2. The van der Waals surface area contributed by atoms with E-state index in [1.807, 2.05) is 0 Å². The first-order chi connectivity index (χ1) is 17.2. The van der Waals surface area contributed by atoms with Gasteiger partial charge in [0, 0.05) is 30.5 Å². The highest BCUT2D eigenvalue weighted by atomic mass is 35.5. The third kappa shape index (κ3) is 7.64. The summed E-state index contributed by atoms with van der Waals surface area (Å²) in [4.78, 5) is 13.2. The van der Waals surface area contributed by atoms with Crippen molar-refractivity contribution >= 4 is 45.7 Å². The molecule has 0 atom stereocenters. The predicted molar refractivity (Wildman–Crippen MR) is 146 cm³/mol. The van der Waals surface area contributed by atoms with Crippen LogP contribution in [0.25, 0.3) is 11.3 Å². The molecule has 4 N–H and O–H groups in total. The molecule has 1 saturated carbocycles. The zero-order valence-corrected chi connectivity index (χ0v) is 22.5. The number of anilines is 2. The van der Waals surface area contributed by atoms with Crippen LogP contribution in [0, 0.1) is 5.82 Å².